The van der Waals surface area contributed by atoms with Crippen molar-refractivity contribution in [1.29, 1.82) is 0 Å². The fraction of sp³-hybridized carbons (Fsp3) is 0.406. The van der Waals surface area contributed by atoms with E-state index >= 15 is 0 Å². The molecule has 0 fully saturated rings. The predicted molar refractivity (Wildman–Crippen MR) is 171 cm³/mol. The van der Waals surface area contributed by atoms with Gasteiger partial charge >= 0.3 is 5.97 Å². The minimum absolute atomic E-state index is 0.0173. The third kappa shape index (κ3) is 10.1. The van der Waals surface area contributed by atoms with Crippen LogP contribution in [0.25, 0.3) is 10.9 Å². The Morgan fingerprint density at radius 1 is 0.841 bits per heavy atom. The van der Waals surface area contributed by atoms with Crippen LogP contribution in [-0.2, 0) is 36.8 Å². The molecule has 0 spiro atoms. The van der Waals surface area contributed by atoms with Crippen molar-refractivity contribution in [3.05, 3.63) is 71.9 Å². The molecule has 0 bridgehead atoms. The molecule has 2 aromatic carbocycles. The highest BCUT2D eigenvalue weighted by atomic mass is 32.2. The van der Waals surface area contributed by atoms with Gasteiger partial charge in [-0.3, -0.25) is 19.2 Å². The highest BCUT2D eigenvalue weighted by Crippen LogP contribution is 2.19. The lowest BCUT2D eigenvalue weighted by Crippen LogP contribution is -2.58. The molecule has 0 saturated carbocycles. The van der Waals surface area contributed by atoms with E-state index in [-0.39, 0.29) is 25.2 Å². The van der Waals surface area contributed by atoms with Gasteiger partial charge in [-0.2, -0.15) is 11.8 Å². The molecule has 44 heavy (non-hydrogen) atoms. The van der Waals surface area contributed by atoms with Crippen molar-refractivity contribution in [3.63, 3.8) is 0 Å². The van der Waals surface area contributed by atoms with Gasteiger partial charge < -0.3 is 31.4 Å². The van der Waals surface area contributed by atoms with Crippen molar-refractivity contribution in [1.82, 2.24) is 26.3 Å². The number of carboxylic acid groups (broad SMARTS) is 1. The maximum absolute atomic E-state index is 13.6. The summed E-state index contributed by atoms with van der Waals surface area (Å²) in [5.41, 5.74) is 2.34. The van der Waals surface area contributed by atoms with Crippen LogP contribution >= 0.6 is 11.8 Å². The summed E-state index contributed by atoms with van der Waals surface area (Å²) in [7, 11) is 0. The number of benzene rings is 2. The van der Waals surface area contributed by atoms with Gasteiger partial charge in [-0.1, -0.05) is 62.4 Å². The normalized spacial score (nSPS) is 13.8. The number of hydrogen-bond donors (Lipinski definition) is 6. The first-order valence-electron chi connectivity index (χ1n) is 14.5. The topological polar surface area (TPSA) is 169 Å². The van der Waals surface area contributed by atoms with Crippen molar-refractivity contribution in [2.45, 2.75) is 63.7 Å². The van der Waals surface area contributed by atoms with E-state index < -0.39 is 47.9 Å². The van der Waals surface area contributed by atoms with Gasteiger partial charge in [0.1, 0.15) is 24.2 Å². The molecule has 0 aliphatic carbocycles. The van der Waals surface area contributed by atoms with Gasteiger partial charge in [0.2, 0.25) is 24.1 Å². The van der Waals surface area contributed by atoms with Crippen LogP contribution in [0.5, 0.6) is 0 Å². The third-order valence-corrected chi connectivity index (χ3v) is 7.81. The number of fused-ring (bicyclic) bond motifs is 1. The Hall–Kier alpha value is -4.32. The van der Waals surface area contributed by atoms with Gasteiger partial charge in [-0.25, -0.2) is 4.79 Å². The summed E-state index contributed by atoms with van der Waals surface area (Å²) in [5, 5.41) is 21.5. The zero-order chi connectivity index (χ0) is 32.1. The highest BCUT2D eigenvalue weighted by molar-refractivity contribution is 7.98. The summed E-state index contributed by atoms with van der Waals surface area (Å²) in [6.07, 6.45) is 4.87. The molecule has 3 aromatic rings. The minimum Gasteiger partial charge on any atom is -0.480 e. The Morgan fingerprint density at radius 3 is 2.11 bits per heavy atom. The van der Waals surface area contributed by atoms with Crippen LogP contribution in [0.2, 0.25) is 0 Å². The van der Waals surface area contributed by atoms with E-state index in [1.807, 2.05) is 62.6 Å². The predicted octanol–water partition coefficient (Wildman–Crippen LogP) is 2.41. The van der Waals surface area contributed by atoms with Gasteiger partial charge in [-0.05, 0) is 48.0 Å². The van der Waals surface area contributed by atoms with Crippen LogP contribution in [0, 0.1) is 5.92 Å². The number of aliphatic carboxylic acids is 1. The third-order valence-electron chi connectivity index (χ3n) is 7.17. The molecule has 236 valence electrons. The van der Waals surface area contributed by atoms with Crippen LogP contribution < -0.4 is 21.3 Å². The van der Waals surface area contributed by atoms with E-state index in [0.29, 0.717) is 18.6 Å². The Kier molecular flexibility index (Phi) is 13.3. The molecule has 12 heteroatoms. The minimum atomic E-state index is -1.25. The molecule has 11 nitrogen and oxygen atoms in total. The number of aromatic amines is 1. The zero-order valence-corrected chi connectivity index (χ0v) is 26.0. The van der Waals surface area contributed by atoms with Crippen molar-refractivity contribution in [2.75, 3.05) is 12.0 Å². The number of rotatable bonds is 18. The molecule has 1 heterocycles. The summed E-state index contributed by atoms with van der Waals surface area (Å²) >= 11 is 1.53. The van der Waals surface area contributed by atoms with Crippen molar-refractivity contribution >= 4 is 52.8 Å². The molecule has 0 aliphatic heterocycles. The summed E-state index contributed by atoms with van der Waals surface area (Å²) in [4.78, 5) is 66.8. The first-order chi connectivity index (χ1) is 21.1. The molecule has 6 N–H and O–H groups in total. The quantitative estimate of drug-likeness (QED) is 0.118. The first-order valence-corrected chi connectivity index (χ1v) is 15.9. The van der Waals surface area contributed by atoms with Crippen LogP contribution in [0.1, 0.15) is 37.8 Å². The molecule has 0 unspecified atom stereocenters. The Morgan fingerprint density at radius 2 is 1.45 bits per heavy atom. The molecule has 4 amide bonds. The molecule has 1 aromatic heterocycles. The molecule has 4 atom stereocenters. The maximum atomic E-state index is 13.6. The summed E-state index contributed by atoms with van der Waals surface area (Å²) in [6, 6.07) is 12.4. The second kappa shape index (κ2) is 17.1. The number of carbonyl (C=O) groups excluding carboxylic acids is 4. The number of amides is 4. The Labute approximate surface area is 261 Å². The Bertz CT molecular complexity index is 1410. The smallest absolute Gasteiger partial charge is 0.326 e. The lowest BCUT2D eigenvalue weighted by molar-refractivity contribution is -0.142. The average molecular weight is 624 g/mol. The van der Waals surface area contributed by atoms with E-state index in [4.69, 9.17) is 0 Å². The van der Waals surface area contributed by atoms with Gasteiger partial charge in [0.15, 0.2) is 0 Å². The van der Waals surface area contributed by atoms with E-state index in [9.17, 15) is 29.1 Å². The number of hydrogen-bond acceptors (Lipinski definition) is 6. The van der Waals surface area contributed by atoms with Crippen molar-refractivity contribution in [2.24, 2.45) is 5.92 Å². The number of thioether (sulfide) groups is 1. The average Bonchev–Trinajstić information content (AvgIpc) is 3.41. The van der Waals surface area contributed by atoms with E-state index in [1.54, 1.807) is 18.3 Å². The monoisotopic (exact) mass is 623 g/mol. The van der Waals surface area contributed by atoms with Crippen LogP contribution in [0.4, 0.5) is 0 Å². The van der Waals surface area contributed by atoms with Gasteiger partial charge in [0, 0.05) is 29.9 Å². The van der Waals surface area contributed by atoms with Gasteiger partial charge in [0.05, 0.1) is 0 Å². The molecular weight excluding hydrogens is 582 g/mol. The van der Waals surface area contributed by atoms with Crippen LogP contribution in [0.15, 0.2) is 60.8 Å². The van der Waals surface area contributed by atoms with Gasteiger partial charge in [0.25, 0.3) is 0 Å². The fourth-order valence-corrected chi connectivity index (χ4v) is 5.38. The molecular formula is C32H41N5O6S. The van der Waals surface area contributed by atoms with Crippen molar-refractivity contribution in [3.8, 4) is 0 Å². The number of carboxylic acids is 1. The lowest BCUT2D eigenvalue weighted by atomic mass is 10.00. The largest absolute Gasteiger partial charge is 0.480 e. The highest BCUT2D eigenvalue weighted by Gasteiger charge is 2.31. The van der Waals surface area contributed by atoms with Crippen LogP contribution in [0.3, 0.4) is 0 Å². The number of nitrogens with one attached hydrogen (secondary N) is 5. The van der Waals surface area contributed by atoms with Gasteiger partial charge in [-0.15, -0.1) is 0 Å². The number of para-hydroxylation sites is 1. The number of carbonyl (C=O) groups is 5. The lowest BCUT2D eigenvalue weighted by Gasteiger charge is -2.26. The molecule has 0 saturated heterocycles. The maximum Gasteiger partial charge on any atom is 0.326 e. The molecule has 0 radical (unpaired) electrons. The van der Waals surface area contributed by atoms with E-state index in [0.717, 1.165) is 22.0 Å². The molecule has 3 rings (SSSR count). The Balaban J connectivity index is 1.81. The van der Waals surface area contributed by atoms with Crippen LogP contribution in [-0.4, -0.2) is 76.4 Å². The SMILES string of the molecule is CSCC[C@H](NC=O)C(=O)N[C@@H](CC(C)C)C(=O)N[C@@H](Cc1ccccc1)C(=O)N[C@@H](Cc1c[nH]c2ccccc12)C(=O)O. The summed E-state index contributed by atoms with van der Waals surface area (Å²) in [6.45, 7) is 3.80. The van der Waals surface area contributed by atoms with E-state index in [1.165, 1.54) is 11.8 Å². The standard InChI is InChI=1S/C32H41N5O6S/c1-20(2)15-26(35-29(39)25(34-19-38)13-14-44-3)30(40)36-27(16-21-9-5-4-6-10-21)31(41)37-28(32(42)43)17-22-18-33-24-12-8-7-11-23(22)24/h4-12,18-20,25-28,33H,13-17H2,1-3H3,(H,34,38)(H,35,39)(H,36,40)(H,37,41)(H,42,43)/t25-,26-,27-,28-/m0/s1. The second-order valence-corrected chi connectivity index (χ2v) is 12.0. The fourth-order valence-electron chi connectivity index (χ4n) is 4.91. The van der Waals surface area contributed by atoms with E-state index in [2.05, 4.69) is 26.3 Å². The first kappa shape index (κ1) is 34.2. The summed E-state index contributed by atoms with van der Waals surface area (Å²) < 4.78 is 0. The molecule has 0 aliphatic rings. The summed E-state index contributed by atoms with van der Waals surface area (Å²) in [5.74, 6) is -2.31. The number of aromatic nitrogens is 1. The number of H-pyrrole nitrogens is 1. The zero-order valence-electron chi connectivity index (χ0n) is 25.2. The van der Waals surface area contributed by atoms with Crippen molar-refractivity contribution < 1.29 is 29.1 Å². The second-order valence-electron chi connectivity index (χ2n) is 11.0.